The van der Waals surface area contributed by atoms with Crippen LogP contribution < -0.4 is 5.73 Å². The van der Waals surface area contributed by atoms with Crippen LogP contribution in [-0.2, 0) is 4.74 Å². The van der Waals surface area contributed by atoms with Crippen molar-refractivity contribution in [3.8, 4) is 0 Å². The molecule has 1 heterocycles. The van der Waals surface area contributed by atoms with Gasteiger partial charge in [0.05, 0.1) is 12.3 Å². The molecule has 1 aliphatic rings. The maximum Gasteiger partial charge on any atom is 0.389 e. The fraction of sp³-hybridized carbons (Fsp3) is 0.583. The summed E-state index contributed by atoms with van der Waals surface area (Å²) in [6.45, 7) is -0.242. The Labute approximate surface area is 108 Å². The molecule has 0 radical (unpaired) electrons. The lowest BCUT2D eigenvalue weighted by atomic mass is 10.3. The summed E-state index contributed by atoms with van der Waals surface area (Å²) in [6, 6.07) is 1.75. The molecule has 0 saturated heterocycles. The summed E-state index contributed by atoms with van der Waals surface area (Å²) in [4.78, 5) is 11.8. The van der Waals surface area contributed by atoms with E-state index in [1.165, 1.54) is 6.07 Å². The van der Waals surface area contributed by atoms with Gasteiger partial charge in [0.25, 0.3) is 0 Å². The first kappa shape index (κ1) is 13.8. The van der Waals surface area contributed by atoms with E-state index in [0.717, 1.165) is 12.8 Å². The zero-order valence-electron chi connectivity index (χ0n) is 10.2. The number of aromatic nitrogens is 1. The Morgan fingerprint density at radius 1 is 1.47 bits per heavy atom. The normalized spacial score (nSPS) is 15.5. The third kappa shape index (κ3) is 3.90. The van der Waals surface area contributed by atoms with E-state index in [1.807, 2.05) is 0 Å². The number of hydrogen-bond acceptors (Lipinski definition) is 3. The smallest absolute Gasteiger partial charge is 0.389 e. The second-order valence-corrected chi connectivity index (χ2v) is 4.65. The molecule has 1 fully saturated rings. The summed E-state index contributed by atoms with van der Waals surface area (Å²) in [5, 5.41) is 0. The molecule has 1 aliphatic carbocycles. The van der Waals surface area contributed by atoms with E-state index in [9.17, 15) is 18.0 Å². The summed E-state index contributed by atoms with van der Waals surface area (Å²) in [6.07, 6.45) is -1.79. The van der Waals surface area contributed by atoms with Gasteiger partial charge in [0.2, 0.25) is 0 Å². The number of rotatable bonds is 5. The molecule has 7 heteroatoms. The number of carbonyl (C=O) groups is 1. The van der Waals surface area contributed by atoms with E-state index >= 15 is 0 Å². The van der Waals surface area contributed by atoms with Gasteiger partial charge in [0, 0.05) is 18.7 Å². The van der Waals surface area contributed by atoms with Gasteiger partial charge < -0.3 is 15.0 Å². The molecule has 2 N–H and O–H groups in total. The molecule has 0 unspecified atom stereocenters. The van der Waals surface area contributed by atoms with Crippen molar-refractivity contribution in [3.05, 3.63) is 18.0 Å². The monoisotopic (exact) mass is 276 g/mol. The molecule has 0 aliphatic heterocycles. The molecule has 1 aromatic rings. The van der Waals surface area contributed by atoms with Gasteiger partial charge >= 0.3 is 12.1 Å². The first-order valence-corrected chi connectivity index (χ1v) is 6.08. The van der Waals surface area contributed by atoms with Crippen LogP contribution in [0, 0.1) is 0 Å². The molecule has 106 valence electrons. The fourth-order valence-corrected chi connectivity index (χ4v) is 1.83. The Balaban J connectivity index is 1.86. The highest BCUT2D eigenvalue weighted by Crippen LogP contribution is 2.37. The zero-order chi connectivity index (χ0) is 14.0. The van der Waals surface area contributed by atoms with Gasteiger partial charge in [0.15, 0.2) is 0 Å². The van der Waals surface area contributed by atoms with Crippen molar-refractivity contribution in [2.75, 3.05) is 12.3 Å². The number of hydrogen-bond donors (Lipinski definition) is 1. The second-order valence-electron chi connectivity index (χ2n) is 4.65. The fourth-order valence-electron chi connectivity index (χ4n) is 1.83. The van der Waals surface area contributed by atoms with Crippen molar-refractivity contribution in [3.63, 3.8) is 0 Å². The summed E-state index contributed by atoms with van der Waals surface area (Å²) >= 11 is 0. The molecular formula is C12H15F3N2O2. The Morgan fingerprint density at radius 2 is 2.16 bits per heavy atom. The molecule has 0 amide bonds. The van der Waals surface area contributed by atoms with Crippen LogP contribution in [0.3, 0.4) is 0 Å². The topological polar surface area (TPSA) is 57.3 Å². The third-order valence-corrected chi connectivity index (χ3v) is 2.86. The summed E-state index contributed by atoms with van der Waals surface area (Å²) < 4.78 is 42.3. The molecule has 1 saturated carbocycles. The largest absolute Gasteiger partial charge is 0.461 e. The number of carbonyl (C=O) groups excluding carboxylic acids is 1. The minimum atomic E-state index is -4.22. The number of halogens is 3. The molecule has 1 aromatic heterocycles. The maximum absolute atomic E-state index is 11.9. The van der Waals surface area contributed by atoms with Gasteiger partial charge in [-0.1, -0.05) is 0 Å². The van der Waals surface area contributed by atoms with Crippen LogP contribution in [0.4, 0.5) is 18.9 Å². The van der Waals surface area contributed by atoms with Crippen molar-refractivity contribution in [2.24, 2.45) is 0 Å². The van der Waals surface area contributed by atoms with Gasteiger partial charge in [-0.3, -0.25) is 0 Å². The highest BCUT2D eigenvalue weighted by molar-refractivity contribution is 5.89. The van der Waals surface area contributed by atoms with Crippen LogP contribution in [0.25, 0.3) is 0 Å². The van der Waals surface area contributed by atoms with Crippen LogP contribution >= 0.6 is 0 Å². The van der Waals surface area contributed by atoms with Crippen molar-refractivity contribution in [2.45, 2.75) is 37.9 Å². The lowest BCUT2D eigenvalue weighted by Gasteiger charge is -2.09. The van der Waals surface area contributed by atoms with Crippen LogP contribution in [0.2, 0.25) is 0 Å². The first-order valence-electron chi connectivity index (χ1n) is 6.08. The van der Waals surface area contributed by atoms with E-state index in [4.69, 9.17) is 10.5 Å². The average molecular weight is 276 g/mol. The number of anilines is 1. The lowest BCUT2D eigenvalue weighted by Crippen LogP contribution is -2.14. The number of nitrogens with two attached hydrogens (primary N) is 1. The second kappa shape index (κ2) is 5.14. The predicted molar refractivity (Wildman–Crippen MR) is 62.7 cm³/mol. The molecule has 0 spiro atoms. The van der Waals surface area contributed by atoms with Crippen molar-refractivity contribution < 1.29 is 22.7 Å². The Morgan fingerprint density at radius 3 is 2.74 bits per heavy atom. The van der Waals surface area contributed by atoms with Gasteiger partial charge in [-0.05, 0) is 25.3 Å². The predicted octanol–water partition coefficient (Wildman–Crippen LogP) is 2.90. The molecule has 0 bridgehead atoms. The van der Waals surface area contributed by atoms with Crippen molar-refractivity contribution in [1.29, 1.82) is 0 Å². The summed E-state index contributed by atoms with van der Waals surface area (Å²) in [5.74, 6) is -0.620. The summed E-state index contributed by atoms with van der Waals surface area (Å²) in [7, 11) is 0. The number of alkyl halides is 3. The molecule has 19 heavy (non-hydrogen) atoms. The molecule has 0 aromatic carbocycles. The van der Waals surface area contributed by atoms with Crippen LogP contribution in [-0.4, -0.2) is 23.3 Å². The maximum atomic E-state index is 11.9. The number of esters is 1. The standard InChI is InChI=1S/C12H15F3N2O2/c13-12(14,15)4-1-5-19-11(18)10-6-8(16)7-17(10)9-2-3-9/h6-7,9H,1-5,16H2. The van der Waals surface area contributed by atoms with Gasteiger partial charge in [0.1, 0.15) is 5.69 Å². The van der Waals surface area contributed by atoms with E-state index < -0.39 is 18.6 Å². The third-order valence-electron chi connectivity index (χ3n) is 2.86. The van der Waals surface area contributed by atoms with Crippen LogP contribution in [0.5, 0.6) is 0 Å². The highest BCUT2D eigenvalue weighted by Gasteiger charge is 2.29. The van der Waals surface area contributed by atoms with Gasteiger partial charge in [-0.25, -0.2) is 4.79 Å². The van der Waals surface area contributed by atoms with E-state index in [2.05, 4.69) is 0 Å². The number of nitrogen functional groups attached to an aromatic ring is 1. The summed E-state index contributed by atoms with van der Waals surface area (Å²) in [5.41, 5.74) is 6.38. The molecule has 4 nitrogen and oxygen atoms in total. The number of ether oxygens (including phenoxy) is 1. The van der Waals surface area contributed by atoms with Crippen molar-refractivity contribution >= 4 is 11.7 Å². The molecule has 0 atom stereocenters. The minimum Gasteiger partial charge on any atom is -0.461 e. The van der Waals surface area contributed by atoms with E-state index in [-0.39, 0.29) is 19.1 Å². The zero-order valence-corrected chi connectivity index (χ0v) is 10.2. The quantitative estimate of drug-likeness (QED) is 0.664. The molecule has 2 rings (SSSR count). The van der Waals surface area contributed by atoms with Crippen molar-refractivity contribution in [1.82, 2.24) is 4.57 Å². The van der Waals surface area contributed by atoms with Gasteiger partial charge in [-0.2, -0.15) is 13.2 Å². The highest BCUT2D eigenvalue weighted by atomic mass is 19.4. The van der Waals surface area contributed by atoms with Crippen LogP contribution in [0.15, 0.2) is 12.3 Å². The first-order chi connectivity index (χ1) is 8.87. The lowest BCUT2D eigenvalue weighted by molar-refractivity contribution is -0.137. The minimum absolute atomic E-state index is 0.227. The SMILES string of the molecule is Nc1cc(C(=O)OCCCC(F)(F)F)n(C2CC2)c1. The Bertz CT molecular complexity index is 464. The van der Waals surface area contributed by atoms with Gasteiger partial charge in [-0.15, -0.1) is 0 Å². The Hall–Kier alpha value is -1.66. The number of nitrogens with zero attached hydrogens (tertiary/aromatic N) is 1. The molecular weight excluding hydrogens is 261 g/mol. The van der Waals surface area contributed by atoms with E-state index in [1.54, 1.807) is 10.8 Å². The van der Waals surface area contributed by atoms with E-state index in [0.29, 0.717) is 11.4 Å². The average Bonchev–Trinajstić information content (AvgIpc) is 3.06. The Kier molecular flexibility index (Phi) is 3.73. The van der Waals surface area contributed by atoms with Crippen LogP contribution in [0.1, 0.15) is 42.2 Å².